The summed E-state index contributed by atoms with van der Waals surface area (Å²) < 4.78 is 5.18. The Morgan fingerprint density at radius 2 is 2.35 bits per heavy atom. The van der Waals surface area contributed by atoms with Crippen LogP contribution in [0.25, 0.3) is 0 Å². The fourth-order valence-electron chi connectivity index (χ4n) is 2.71. The third kappa shape index (κ3) is 3.39. The molecular weight excluding hydrogens is 318 g/mol. The Morgan fingerprint density at radius 1 is 1.52 bits per heavy atom. The van der Waals surface area contributed by atoms with Crippen LogP contribution in [-0.4, -0.2) is 39.9 Å². The van der Waals surface area contributed by atoms with Crippen molar-refractivity contribution in [1.82, 2.24) is 14.9 Å². The van der Waals surface area contributed by atoms with Crippen LogP contribution < -0.4 is 11.1 Å². The monoisotopic (exact) mass is 335 g/mol. The average molecular weight is 336 g/mol. The number of nitrogens with one attached hydrogen (secondary N) is 1. The van der Waals surface area contributed by atoms with Crippen LogP contribution in [-0.2, 0) is 0 Å². The molecule has 0 aliphatic carbocycles. The van der Waals surface area contributed by atoms with Gasteiger partial charge in [-0.3, -0.25) is 4.79 Å². The van der Waals surface area contributed by atoms with Gasteiger partial charge in [-0.1, -0.05) is 11.6 Å². The lowest BCUT2D eigenvalue weighted by Gasteiger charge is -2.33. The molecule has 0 aromatic carbocycles. The normalized spacial score (nSPS) is 18.0. The molecule has 1 fully saturated rings. The molecule has 1 unspecified atom stereocenters. The van der Waals surface area contributed by atoms with Gasteiger partial charge in [0.15, 0.2) is 11.6 Å². The topological polar surface area (TPSA) is 97.3 Å². The van der Waals surface area contributed by atoms with Gasteiger partial charge in [-0.05, 0) is 31.9 Å². The first-order valence-corrected chi connectivity index (χ1v) is 7.81. The van der Waals surface area contributed by atoms with E-state index in [1.807, 2.05) is 0 Å². The van der Waals surface area contributed by atoms with Gasteiger partial charge in [0.1, 0.15) is 5.02 Å². The number of likely N-dealkylation sites (tertiary alicyclic amines) is 1. The molecule has 3 N–H and O–H groups in total. The van der Waals surface area contributed by atoms with E-state index in [1.54, 1.807) is 24.0 Å². The number of carbonyl (C=O) groups excluding carboxylic acids is 1. The number of rotatable bonds is 3. The highest BCUT2D eigenvalue weighted by atomic mass is 35.5. The largest absolute Gasteiger partial charge is 0.459 e. The molecule has 0 radical (unpaired) electrons. The standard InChI is InChI=1S/C15H18ClN5O2/c1-9-12(16)13(20-15(17)18-9)19-10-4-2-6-21(8-10)14(22)11-5-3-7-23-11/h3,5,7,10H,2,4,6,8H2,1H3,(H3,17,18,19,20). The Morgan fingerprint density at radius 3 is 3.09 bits per heavy atom. The van der Waals surface area contributed by atoms with Crippen molar-refractivity contribution in [2.24, 2.45) is 0 Å². The number of hydrogen-bond acceptors (Lipinski definition) is 6. The van der Waals surface area contributed by atoms with E-state index in [9.17, 15) is 4.79 Å². The van der Waals surface area contributed by atoms with Crippen LogP contribution in [0.2, 0.25) is 5.02 Å². The number of hydrogen-bond donors (Lipinski definition) is 2. The van der Waals surface area contributed by atoms with Gasteiger partial charge in [-0.25, -0.2) is 4.98 Å². The average Bonchev–Trinajstić information content (AvgIpc) is 3.06. The van der Waals surface area contributed by atoms with E-state index in [4.69, 9.17) is 21.8 Å². The zero-order chi connectivity index (χ0) is 16.4. The van der Waals surface area contributed by atoms with Crippen LogP contribution in [0, 0.1) is 6.92 Å². The van der Waals surface area contributed by atoms with Crippen molar-refractivity contribution in [3.8, 4) is 0 Å². The molecule has 1 aliphatic rings. The molecule has 1 saturated heterocycles. The van der Waals surface area contributed by atoms with Gasteiger partial charge >= 0.3 is 0 Å². The van der Waals surface area contributed by atoms with Gasteiger partial charge in [0.2, 0.25) is 5.95 Å². The number of aromatic nitrogens is 2. The summed E-state index contributed by atoms with van der Waals surface area (Å²) in [4.78, 5) is 22.3. The lowest BCUT2D eigenvalue weighted by molar-refractivity contribution is 0.0682. The molecule has 8 heteroatoms. The summed E-state index contributed by atoms with van der Waals surface area (Å²) >= 11 is 6.23. The van der Waals surface area contributed by atoms with E-state index in [0.717, 1.165) is 12.8 Å². The fourth-order valence-corrected chi connectivity index (χ4v) is 2.84. The van der Waals surface area contributed by atoms with Gasteiger partial charge in [-0.15, -0.1) is 0 Å². The van der Waals surface area contributed by atoms with Crippen molar-refractivity contribution in [2.45, 2.75) is 25.8 Å². The maximum atomic E-state index is 12.4. The van der Waals surface area contributed by atoms with Gasteiger partial charge in [0, 0.05) is 19.1 Å². The second-order valence-corrected chi connectivity index (χ2v) is 5.92. The third-order valence-electron chi connectivity index (χ3n) is 3.82. The van der Waals surface area contributed by atoms with Crippen molar-refractivity contribution in [1.29, 1.82) is 0 Å². The van der Waals surface area contributed by atoms with Crippen LogP contribution in [0.3, 0.4) is 0 Å². The van der Waals surface area contributed by atoms with E-state index in [-0.39, 0.29) is 17.9 Å². The molecule has 0 bridgehead atoms. The number of amides is 1. The lowest BCUT2D eigenvalue weighted by Crippen LogP contribution is -2.45. The van der Waals surface area contributed by atoms with Crippen molar-refractivity contribution >= 4 is 29.3 Å². The summed E-state index contributed by atoms with van der Waals surface area (Å²) in [5.74, 6) is 0.930. The predicted octanol–water partition coefficient (Wildman–Crippen LogP) is 2.33. The van der Waals surface area contributed by atoms with E-state index in [2.05, 4.69) is 15.3 Å². The Kier molecular flexibility index (Phi) is 4.38. The van der Waals surface area contributed by atoms with Gasteiger partial charge in [0.25, 0.3) is 5.91 Å². The van der Waals surface area contributed by atoms with Gasteiger partial charge in [0.05, 0.1) is 12.0 Å². The summed E-state index contributed by atoms with van der Waals surface area (Å²) in [6.45, 7) is 3.04. The minimum Gasteiger partial charge on any atom is -0.459 e. The molecule has 1 atom stereocenters. The summed E-state index contributed by atoms with van der Waals surface area (Å²) in [7, 11) is 0. The summed E-state index contributed by atoms with van der Waals surface area (Å²) in [6, 6.07) is 3.43. The number of furan rings is 1. The molecule has 3 heterocycles. The number of nitrogen functional groups attached to an aromatic ring is 1. The maximum absolute atomic E-state index is 12.4. The number of nitrogens with zero attached hydrogens (tertiary/aromatic N) is 3. The predicted molar refractivity (Wildman–Crippen MR) is 87.4 cm³/mol. The summed E-state index contributed by atoms with van der Waals surface area (Å²) in [5, 5.41) is 3.73. The molecular formula is C15H18ClN5O2. The molecule has 7 nitrogen and oxygen atoms in total. The van der Waals surface area contributed by atoms with Crippen molar-refractivity contribution < 1.29 is 9.21 Å². The number of anilines is 2. The molecule has 2 aromatic rings. The Hall–Kier alpha value is -2.28. The van der Waals surface area contributed by atoms with E-state index in [1.165, 1.54) is 6.26 Å². The Balaban J connectivity index is 1.71. The number of nitrogens with two attached hydrogens (primary N) is 1. The first kappa shape index (κ1) is 15.6. The van der Waals surface area contributed by atoms with Crippen LogP contribution in [0.4, 0.5) is 11.8 Å². The number of carbonyl (C=O) groups is 1. The van der Waals surface area contributed by atoms with Crippen LogP contribution in [0.5, 0.6) is 0 Å². The van der Waals surface area contributed by atoms with Crippen molar-refractivity contribution in [3.63, 3.8) is 0 Å². The van der Waals surface area contributed by atoms with E-state index >= 15 is 0 Å². The summed E-state index contributed by atoms with van der Waals surface area (Å²) in [6.07, 6.45) is 3.31. The zero-order valence-corrected chi connectivity index (χ0v) is 13.5. The molecule has 0 spiro atoms. The number of aryl methyl sites for hydroxylation is 1. The van der Waals surface area contributed by atoms with Crippen molar-refractivity contribution in [3.05, 3.63) is 34.9 Å². The van der Waals surface area contributed by atoms with Crippen LogP contribution in [0.1, 0.15) is 29.1 Å². The summed E-state index contributed by atoms with van der Waals surface area (Å²) in [5.41, 5.74) is 6.30. The molecule has 1 amide bonds. The first-order chi connectivity index (χ1) is 11.0. The molecule has 0 saturated carbocycles. The quantitative estimate of drug-likeness (QED) is 0.893. The lowest BCUT2D eigenvalue weighted by atomic mass is 10.1. The van der Waals surface area contributed by atoms with Crippen molar-refractivity contribution in [2.75, 3.05) is 24.1 Å². The van der Waals surface area contributed by atoms with E-state index < -0.39 is 0 Å². The second kappa shape index (κ2) is 6.45. The second-order valence-electron chi connectivity index (χ2n) is 5.54. The number of halogens is 1. The molecule has 1 aliphatic heterocycles. The van der Waals surface area contributed by atoms with Crippen LogP contribution in [0.15, 0.2) is 22.8 Å². The molecule has 2 aromatic heterocycles. The van der Waals surface area contributed by atoms with Gasteiger partial charge < -0.3 is 20.4 Å². The minimum atomic E-state index is -0.106. The smallest absolute Gasteiger partial charge is 0.289 e. The van der Waals surface area contributed by atoms with Crippen LogP contribution >= 0.6 is 11.6 Å². The van der Waals surface area contributed by atoms with Gasteiger partial charge in [-0.2, -0.15) is 4.98 Å². The number of piperidine rings is 1. The molecule has 3 rings (SSSR count). The maximum Gasteiger partial charge on any atom is 0.289 e. The minimum absolute atomic E-state index is 0.0499. The highest BCUT2D eigenvalue weighted by Gasteiger charge is 2.26. The highest BCUT2D eigenvalue weighted by molar-refractivity contribution is 6.33. The fraction of sp³-hybridized carbons (Fsp3) is 0.400. The Labute approximate surface area is 138 Å². The zero-order valence-electron chi connectivity index (χ0n) is 12.8. The third-order valence-corrected chi connectivity index (χ3v) is 4.27. The molecule has 122 valence electrons. The highest BCUT2D eigenvalue weighted by Crippen LogP contribution is 2.25. The Bertz CT molecular complexity index is 704. The molecule has 23 heavy (non-hydrogen) atoms. The SMILES string of the molecule is Cc1nc(N)nc(NC2CCCN(C(=O)c3ccco3)C2)c1Cl. The van der Waals surface area contributed by atoms with E-state index in [0.29, 0.717) is 35.4 Å². The first-order valence-electron chi connectivity index (χ1n) is 7.43.